The highest BCUT2D eigenvalue weighted by Crippen LogP contribution is 2.17. The largest absolute Gasteiger partial charge is 0.449 e. The summed E-state index contributed by atoms with van der Waals surface area (Å²) in [6, 6.07) is 0.394. The van der Waals surface area contributed by atoms with Gasteiger partial charge in [0.05, 0.1) is 11.3 Å². The van der Waals surface area contributed by atoms with E-state index in [4.69, 9.17) is 5.73 Å². The summed E-state index contributed by atoms with van der Waals surface area (Å²) in [7, 11) is 1.28. The lowest BCUT2D eigenvalue weighted by Crippen LogP contribution is -2.43. The van der Waals surface area contributed by atoms with E-state index in [0.717, 1.165) is 0 Å². The maximum absolute atomic E-state index is 13.5. The van der Waals surface area contributed by atoms with Crippen molar-refractivity contribution in [3.63, 3.8) is 0 Å². The standard InChI is InChI=1S/C12H13F2N3O4/c1-5(10(18)17-12(20)16-2)21-11(19)6-3-8(14)9(15)4-7(6)13/h3-5H,15H2,1-2H3,(H2,16,17,18,20). The molecule has 1 aromatic carbocycles. The molecule has 0 spiro atoms. The van der Waals surface area contributed by atoms with Crippen LogP contribution in [0, 0.1) is 11.6 Å². The minimum atomic E-state index is -1.38. The molecule has 0 aromatic heterocycles. The molecule has 0 heterocycles. The van der Waals surface area contributed by atoms with Gasteiger partial charge in [0.25, 0.3) is 5.91 Å². The smallest absolute Gasteiger partial charge is 0.342 e. The van der Waals surface area contributed by atoms with Gasteiger partial charge in [-0.15, -0.1) is 0 Å². The summed E-state index contributed by atoms with van der Waals surface area (Å²) in [6.45, 7) is 1.17. The van der Waals surface area contributed by atoms with Gasteiger partial charge in [0.15, 0.2) is 6.10 Å². The average Bonchev–Trinajstić information content (AvgIpc) is 2.42. The first-order valence-corrected chi connectivity index (χ1v) is 5.74. The fraction of sp³-hybridized carbons (Fsp3) is 0.250. The molecule has 0 aliphatic carbocycles. The summed E-state index contributed by atoms with van der Waals surface area (Å²) in [4.78, 5) is 34.0. The topological polar surface area (TPSA) is 111 Å². The van der Waals surface area contributed by atoms with Crippen LogP contribution in [0.3, 0.4) is 0 Å². The van der Waals surface area contributed by atoms with E-state index in [1.807, 2.05) is 5.32 Å². The van der Waals surface area contributed by atoms with E-state index in [2.05, 4.69) is 10.1 Å². The van der Waals surface area contributed by atoms with Crippen LogP contribution in [0.1, 0.15) is 17.3 Å². The number of nitrogen functional groups attached to an aromatic ring is 1. The number of hydrogen-bond acceptors (Lipinski definition) is 5. The number of nitrogens with one attached hydrogen (secondary N) is 2. The molecule has 1 aromatic rings. The van der Waals surface area contributed by atoms with E-state index < -0.39 is 46.9 Å². The van der Waals surface area contributed by atoms with E-state index in [1.54, 1.807) is 0 Å². The van der Waals surface area contributed by atoms with Crippen LogP contribution in [0.4, 0.5) is 19.3 Å². The molecule has 0 saturated heterocycles. The first-order valence-electron chi connectivity index (χ1n) is 5.74. The van der Waals surface area contributed by atoms with Gasteiger partial charge < -0.3 is 15.8 Å². The number of halogens is 2. The number of carbonyl (C=O) groups is 3. The molecule has 3 amide bonds. The molecular formula is C12H13F2N3O4. The predicted octanol–water partition coefficient (Wildman–Crippen LogP) is 0.548. The minimum absolute atomic E-state index is 0.463. The molecule has 114 valence electrons. The van der Waals surface area contributed by atoms with Crippen molar-refractivity contribution in [2.75, 3.05) is 12.8 Å². The Labute approximate surface area is 118 Å². The zero-order chi connectivity index (χ0) is 16.2. The molecule has 1 unspecified atom stereocenters. The zero-order valence-corrected chi connectivity index (χ0v) is 11.2. The van der Waals surface area contributed by atoms with Crippen molar-refractivity contribution in [1.82, 2.24) is 10.6 Å². The second-order valence-corrected chi connectivity index (χ2v) is 3.97. The number of imide groups is 1. The second kappa shape index (κ2) is 6.64. The normalized spacial score (nSPS) is 11.4. The van der Waals surface area contributed by atoms with Gasteiger partial charge >= 0.3 is 12.0 Å². The molecular weight excluding hydrogens is 288 g/mol. The van der Waals surface area contributed by atoms with Gasteiger partial charge in [-0.3, -0.25) is 10.1 Å². The van der Waals surface area contributed by atoms with Gasteiger partial charge in [-0.1, -0.05) is 0 Å². The number of ether oxygens (including phenoxy) is 1. The van der Waals surface area contributed by atoms with Gasteiger partial charge in [-0.2, -0.15) is 0 Å². The highest BCUT2D eigenvalue weighted by molar-refractivity contribution is 5.98. The molecule has 1 rings (SSSR count). The van der Waals surface area contributed by atoms with Crippen molar-refractivity contribution in [3.05, 3.63) is 29.3 Å². The first kappa shape index (κ1) is 16.3. The van der Waals surface area contributed by atoms with Crippen LogP contribution in [0.25, 0.3) is 0 Å². The van der Waals surface area contributed by atoms with Crippen molar-refractivity contribution >= 4 is 23.6 Å². The highest BCUT2D eigenvalue weighted by atomic mass is 19.1. The lowest BCUT2D eigenvalue weighted by molar-refractivity contribution is -0.127. The van der Waals surface area contributed by atoms with E-state index >= 15 is 0 Å². The van der Waals surface area contributed by atoms with Crippen LogP contribution < -0.4 is 16.4 Å². The summed E-state index contributed by atoms with van der Waals surface area (Å²) in [5.74, 6) is -4.26. The van der Waals surface area contributed by atoms with Crippen molar-refractivity contribution in [2.24, 2.45) is 0 Å². The lowest BCUT2D eigenvalue weighted by atomic mass is 10.2. The Hall–Kier alpha value is -2.71. The number of amides is 3. The Morgan fingerprint density at radius 3 is 2.43 bits per heavy atom. The van der Waals surface area contributed by atoms with E-state index in [1.165, 1.54) is 14.0 Å². The molecule has 21 heavy (non-hydrogen) atoms. The summed E-state index contributed by atoms with van der Waals surface area (Å²) in [6.07, 6.45) is -1.38. The molecule has 0 bridgehead atoms. The zero-order valence-electron chi connectivity index (χ0n) is 11.2. The molecule has 1 atom stereocenters. The van der Waals surface area contributed by atoms with Gasteiger partial charge in [-0.05, 0) is 13.0 Å². The monoisotopic (exact) mass is 301 g/mol. The second-order valence-electron chi connectivity index (χ2n) is 3.97. The number of urea groups is 1. The maximum atomic E-state index is 13.5. The van der Waals surface area contributed by atoms with Crippen LogP contribution in [0.15, 0.2) is 12.1 Å². The number of carbonyl (C=O) groups excluding carboxylic acids is 3. The maximum Gasteiger partial charge on any atom is 0.342 e. The van der Waals surface area contributed by atoms with Crippen LogP contribution in [-0.4, -0.2) is 31.1 Å². The summed E-state index contributed by atoms with van der Waals surface area (Å²) >= 11 is 0. The number of benzene rings is 1. The number of esters is 1. The third kappa shape index (κ3) is 4.13. The third-order valence-electron chi connectivity index (χ3n) is 2.42. The average molecular weight is 301 g/mol. The Kier molecular flexibility index (Phi) is 5.17. The first-order chi connectivity index (χ1) is 9.76. The van der Waals surface area contributed by atoms with Crippen molar-refractivity contribution < 1.29 is 27.9 Å². The predicted molar refractivity (Wildman–Crippen MR) is 68.2 cm³/mol. The lowest BCUT2D eigenvalue weighted by Gasteiger charge is -2.13. The number of hydrogen-bond donors (Lipinski definition) is 3. The molecule has 7 nitrogen and oxygen atoms in total. The van der Waals surface area contributed by atoms with Crippen LogP contribution in [0.2, 0.25) is 0 Å². The van der Waals surface area contributed by atoms with Gasteiger partial charge in [-0.25, -0.2) is 18.4 Å². The Balaban J connectivity index is 2.79. The molecule has 0 fully saturated rings. The van der Waals surface area contributed by atoms with Crippen LogP contribution in [0.5, 0.6) is 0 Å². The molecule has 0 aliphatic rings. The molecule has 0 radical (unpaired) electrons. The molecule has 9 heteroatoms. The minimum Gasteiger partial charge on any atom is -0.449 e. The molecule has 0 aliphatic heterocycles. The van der Waals surface area contributed by atoms with Crippen LogP contribution in [-0.2, 0) is 9.53 Å². The SMILES string of the molecule is CNC(=O)NC(=O)C(C)OC(=O)c1cc(F)c(N)cc1F. The van der Waals surface area contributed by atoms with Crippen molar-refractivity contribution in [3.8, 4) is 0 Å². The van der Waals surface area contributed by atoms with E-state index in [-0.39, 0.29) is 0 Å². The van der Waals surface area contributed by atoms with Crippen molar-refractivity contribution in [1.29, 1.82) is 0 Å². The number of anilines is 1. The fourth-order valence-corrected chi connectivity index (χ4v) is 1.27. The molecule has 0 saturated carbocycles. The highest BCUT2D eigenvalue weighted by Gasteiger charge is 2.23. The summed E-state index contributed by atoms with van der Waals surface area (Å²) in [5, 5.41) is 3.99. The van der Waals surface area contributed by atoms with Gasteiger partial charge in [0.1, 0.15) is 11.6 Å². The van der Waals surface area contributed by atoms with E-state index in [0.29, 0.717) is 12.1 Å². The number of nitrogens with two attached hydrogens (primary N) is 1. The third-order valence-corrected chi connectivity index (χ3v) is 2.42. The summed E-state index contributed by atoms with van der Waals surface area (Å²) < 4.78 is 31.3. The van der Waals surface area contributed by atoms with Gasteiger partial charge in [0, 0.05) is 13.1 Å². The Morgan fingerprint density at radius 2 is 1.86 bits per heavy atom. The fourth-order valence-electron chi connectivity index (χ4n) is 1.27. The van der Waals surface area contributed by atoms with Crippen LogP contribution >= 0.6 is 0 Å². The Morgan fingerprint density at radius 1 is 1.24 bits per heavy atom. The quantitative estimate of drug-likeness (QED) is 0.557. The molecule has 4 N–H and O–H groups in total. The van der Waals surface area contributed by atoms with E-state index in [9.17, 15) is 23.2 Å². The summed E-state index contributed by atoms with van der Waals surface area (Å²) in [5.41, 5.74) is 3.96. The number of rotatable bonds is 3. The van der Waals surface area contributed by atoms with Crippen molar-refractivity contribution in [2.45, 2.75) is 13.0 Å². The van der Waals surface area contributed by atoms with Gasteiger partial charge in [0.2, 0.25) is 0 Å². The Bertz CT molecular complexity index is 592.